The maximum Gasteiger partial charge on any atom is 0.175 e. The molecule has 0 saturated heterocycles. The van der Waals surface area contributed by atoms with E-state index in [9.17, 15) is 8.42 Å². The number of hydrogen-bond acceptors (Lipinski definition) is 8. The van der Waals surface area contributed by atoms with E-state index in [2.05, 4.69) is 4.90 Å². The number of likely N-dealkylation sites (N-methyl/N-ethyl adjacent to an activating group) is 1. The number of allylic oxidation sites excluding steroid dienone is 1. The fourth-order valence-electron chi connectivity index (χ4n) is 4.31. The van der Waals surface area contributed by atoms with Crippen molar-refractivity contribution in [1.82, 2.24) is 4.90 Å². The average molecular weight is 624 g/mol. The Balaban J connectivity index is 1.57. The van der Waals surface area contributed by atoms with Crippen LogP contribution in [0.3, 0.4) is 0 Å². The summed E-state index contributed by atoms with van der Waals surface area (Å²) in [6.07, 6.45) is 3.89. The summed E-state index contributed by atoms with van der Waals surface area (Å²) in [5.41, 5.74) is 10.4. The van der Waals surface area contributed by atoms with Crippen LogP contribution in [0, 0.1) is 0 Å². The number of ether oxygens (including phenoxy) is 2. The first-order chi connectivity index (χ1) is 20.1. The van der Waals surface area contributed by atoms with Crippen molar-refractivity contribution in [1.29, 1.82) is 0 Å². The molecule has 42 heavy (non-hydrogen) atoms. The molecule has 0 spiro atoms. The van der Waals surface area contributed by atoms with Crippen molar-refractivity contribution in [3.05, 3.63) is 106 Å². The molecule has 1 heterocycles. The number of hydrogen-bond donors (Lipinski definition) is 1. The Morgan fingerprint density at radius 2 is 1.76 bits per heavy atom. The zero-order valence-corrected chi connectivity index (χ0v) is 26.4. The van der Waals surface area contributed by atoms with Crippen LogP contribution in [0.25, 0.3) is 10.4 Å². The van der Waals surface area contributed by atoms with Crippen LogP contribution in [0.15, 0.2) is 101 Å². The predicted octanol–water partition coefficient (Wildman–Crippen LogP) is 6.63. The second-order valence-corrected chi connectivity index (χ2v) is 13.3. The van der Waals surface area contributed by atoms with Crippen molar-refractivity contribution in [2.75, 3.05) is 40.6 Å². The number of benzene rings is 3. The fourth-order valence-corrected chi connectivity index (χ4v) is 6.12. The van der Waals surface area contributed by atoms with Crippen molar-refractivity contribution < 1.29 is 17.9 Å². The fraction of sp³-hybridized carbons (Fsp3) is 0.219. The molecule has 0 aliphatic carbocycles. The molecule has 0 aliphatic rings. The second-order valence-electron chi connectivity index (χ2n) is 9.81. The number of nitrogens with zero attached hydrogens (tertiary/aromatic N) is 2. The summed E-state index contributed by atoms with van der Waals surface area (Å²) in [6, 6.07) is 24.2. The van der Waals surface area contributed by atoms with E-state index in [-0.39, 0.29) is 4.90 Å². The zero-order chi connectivity index (χ0) is 30.3. The highest BCUT2D eigenvalue weighted by Gasteiger charge is 2.13. The molecule has 0 aliphatic heterocycles. The predicted molar refractivity (Wildman–Crippen MR) is 174 cm³/mol. The molecule has 0 radical (unpaired) electrons. The quantitative estimate of drug-likeness (QED) is 0.178. The van der Waals surface area contributed by atoms with Crippen LogP contribution >= 0.6 is 22.9 Å². The lowest BCUT2D eigenvalue weighted by atomic mass is 10.1. The van der Waals surface area contributed by atoms with Crippen molar-refractivity contribution >= 4 is 44.2 Å². The number of sulfone groups is 1. The normalized spacial score (nSPS) is 12.5. The Bertz CT molecular complexity index is 1710. The van der Waals surface area contributed by atoms with E-state index in [0.29, 0.717) is 40.2 Å². The SMILES string of the molecule is COc1ccc(CCN(C)CC(N)=CC(=Nc2ccccc2Cl)c2ccc(-c3cccc(S(C)(=O)=O)c3)s2)cc1OC. The lowest BCUT2D eigenvalue weighted by molar-refractivity contribution is 0.352. The van der Waals surface area contributed by atoms with Crippen LogP contribution in [0.5, 0.6) is 11.5 Å². The molecule has 1 aromatic heterocycles. The molecule has 0 amide bonds. The van der Waals surface area contributed by atoms with Gasteiger partial charge in [-0.1, -0.05) is 41.9 Å². The molecule has 7 nitrogen and oxygen atoms in total. The number of halogens is 1. The number of rotatable bonds is 12. The standard InChI is InChI=1S/C32H34ClN3O4S2/c1-36(17-16-22-12-13-29(39-2)30(18-22)40-3)21-24(34)20-28(35-27-11-6-5-10-26(27)33)32-15-14-31(41-32)23-8-7-9-25(19-23)42(4,37)38/h5-15,18-20H,16-17,21,34H2,1-4H3. The summed E-state index contributed by atoms with van der Waals surface area (Å²) in [5, 5.41) is 0.534. The summed E-state index contributed by atoms with van der Waals surface area (Å²) >= 11 is 7.95. The first-order valence-electron chi connectivity index (χ1n) is 13.2. The molecule has 0 fully saturated rings. The minimum Gasteiger partial charge on any atom is -0.493 e. The average Bonchev–Trinajstić information content (AvgIpc) is 3.47. The Labute approximate surface area is 256 Å². The lowest BCUT2D eigenvalue weighted by Gasteiger charge is -2.17. The maximum absolute atomic E-state index is 12.1. The van der Waals surface area contributed by atoms with Gasteiger partial charge in [0.2, 0.25) is 0 Å². The van der Waals surface area contributed by atoms with E-state index in [1.807, 2.05) is 67.7 Å². The van der Waals surface area contributed by atoms with E-state index in [1.54, 1.807) is 38.5 Å². The van der Waals surface area contributed by atoms with Crippen molar-refractivity contribution in [3.63, 3.8) is 0 Å². The maximum atomic E-state index is 12.1. The van der Waals surface area contributed by atoms with Gasteiger partial charge in [0.1, 0.15) is 0 Å². The molecule has 0 bridgehead atoms. The van der Waals surface area contributed by atoms with Crippen molar-refractivity contribution in [3.8, 4) is 21.9 Å². The van der Waals surface area contributed by atoms with Crippen LogP contribution < -0.4 is 15.2 Å². The molecular formula is C32H34ClN3O4S2. The molecule has 220 valence electrons. The highest BCUT2D eigenvalue weighted by molar-refractivity contribution is 7.90. The van der Waals surface area contributed by atoms with Crippen LogP contribution in [0.1, 0.15) is 10.4 Å². The third kappa shape index (κ3) is 8.23. The van der Waals surface area contributed by atoms with Crippen LogP contribution in [-0.4, -0.2) is 59.6 Å². The Kier molecular flexibility index (Phi) is 10.5. The van der Waals surface area contributed by atoms with E-state index in [0.717, 1.165) is 33.8 Å². The van der Waals surface area contributed by atoms with Gasteiger partial charge in [0, 0.05) is 29.9 Å². The number of para-hydroxylation sites is 1. The van der Waals surface area contributed by atoms with Gasteiger partial charge in [-0.3, -0.25) is 0 Å². The van der Waals surface area contributed by atoms with Gasteiger partial charge < -0.3 is 20.1 Å². The Morgan fingerprint density at radius 1 is 1.00 bits per heavy atom. The second kappa shape index (κ2) is 14.0. The third-order valence-electron chi connectivity index (χ3n) is 6.50. The van der Waals surface area contributed by atoms with E-state index in [1.165, 1.54) is 17.6 Å². The summed E-state index contributed by atoms with van der Waals surface area (Å²) in [6.45, 7) is 1.31. The highest BCUT2D eigenvalue weighted by atomic mass is 35.5. The summed E-state index contributed by atoms with van der Waals surface area (Å²) in [4.78, 5) is 9.09. The van der Waals surface area contributed by atoms with Crippen LogP contribution in [0.2, 0.25) is 5.02 Å². The van der Waals surface area contributed by atoms with E-state index < -0.39 is 9.84 Å². The molecule has 4 aromatic rings. The summed E-state index contributed by atoms with van der Waals surface area (Å²) in [7, 11) is 1.95. The number of aliphatic imine (C=N–C) groups is 1. The third-order valence-corrected chi connectivity index (χ3v) is 9.09. The minimum absolute atomic E-state index is 0.278. The van der Waals surface area contributed by atoms with Crippen LogP contribution in [-0.2, 0) is 16.3 Å². The molecule has 0 unspecified atom stereocenters. The number of nitrogens with two attached hydrogens (primary N) is 1. The molecule has 0 atom stereocenters. The highest BCUT2D eigenvalue weighted by Crippen LogP contribution is 2.32. The number of thiophene rings is 1. The van der Waals surface area contributed by atoms with Gasteiger partial charge in [-0.2, -0.15) is 0 Å². The van der Waals surface area contributed by atoms with Crippen molar-refractivity contribution in [2.24, 2.45) is 10.7 Å². The van der Waals surface area contributed by atoms with Crippen LogP contribution in [0.4, 0.5) is 5.69 Å². The van der Waals surface area contributed by atoms with Gasteiger partial charge in [-0.25, -0.2) is 13.4 Å². The zero-order valence-electron chi connectivity index (χ0n) is 24.0. The molecular weight excluding hydrogens is 590 g/mol. The topological polar surface area (TPSA) is 94.2 Å². The summed E-state index contributed by atoms with van der Waals surface area (Å²) < 4.78 is 34.9. The van der Waals surface area contributed by atoms with Gasteiger partial charge in [0.05, 0.1) is 40.4 Å². The lowest BCUT2D eigenvalue weighted by Crippen LogP contribution is -2.26. The van der Waals surface area contributed by atoms with Gasteiger partial charge in [0.25, 0.3) is 0 Å². The minimum atomic E-state index is -3.32. The number of methoxy groups -OCH3 is 2. The molecule has 10 heteroatoms. The molecule has 0 saturated carbocycles. The van der Waals surface area contributed by atoms with Gasteiger partial charge in [-0.05, 0) is 79.2 Å². The summed E-state index contributed by atoms with van der Waals surface area (Å²) in [5.74, 6) is 1.41. The Morgan fingerprint density at radius 3 is 2.48 bits per heavy atom. The molecule has 3 aromatic carbocycles. The monoisotopic (exact) mass is 623 g/mol. The van der Waals surface area contributed by atoms with Gasteiger partial charge >= 0.3 is 0 Å². The van der Waals surface area contributed by atoms with E-state index in [4.69, 9.17) is 31.8 Å². The first-order valence-corrected chi connectivity index (χ1v) is 16.3. The Hall–Kier alpha value is -3.63. The smallest absolute Gasteiger partial charge is 0.175 e. The van der Waals surface area contributed by atoms with Gasteiger partial charge in [0.15, 0.2) is 21.3 Å². The molecule has 2 N–H and O–H groups in total. The molecule has 4 rings (SSSR count). The van der Waals surface area contributed by atoms with Gasteiger partial charge in [-0.15, -0.1) is 11.3 Å². The van der Waals surface area contributed by atoms with Crippen molar-refractivity contribution in [2.45, 2.75) is 11.3 Å². The van der Waals surface area contributed by atoms with E-state index >= 15 is 0 Å². The largest absolute Gasteiger partial charge is 0.493 e. The first kappa shape index (κ1) is 31.3.